The normalized spacial score (nSPS) is 11.0. The van der Waals surface area contributed by atoms with Gasteiger partial charge >= 0.3 is 0 Å². The van der Waals surface area contributed by atoms with Crippen LogP contribution in [0.1, 0.15) is 29.4 Å². The minimum atomic E-state index is -0.151. The topological polar surface area (TPSA) is 51.9 Å². The number of carbonyl (C=O) groups is 1. The van der Waals surface area contributed by atoms with Gasteiger partial charge in [-0.2, -0.15) is 5.10 Å². The van der Waals surface area contributed by atoms with Crippen LogP contribution in [0.4, 0.5) is 5.69 Å². The number of para-hydroxylation sites is 1. The molecule has 2 heterocycles. The zero-order valence-electron chi connectivity index (χ0n) is 15.5. The lowest BCUT2D eigenvalue weighted by Gasteiger charge is -2.08. The highest BCUT2D eigenvalue weighted by molar-refractivity contribution is 6.05. The SMILES string of the molecule is CCCn1ccc2cc(NC(=O)c3cnn(-c4ccccc4)c3C)ccc21. The summed E-state index contributed by atoms with van der Waals surface area (Å²) in [4.78, 5) is 12.8. The third kappa shape index (κ3) is 3.24. The summed E-state index contributed by atoms with van der Waals surface area (Å²) in [6.45, 7) is 5.06. The van der Waals surface area contributed by atoms with Crippen molar-refractivity contribution >= 4 is 22.5 Å². The zero-order valence-corrected chi connectivity index (χ0v) is 15.5. The molecule has 0 aliphatic heterocycles. The second kappa shape index (κ2) is 7.11. The molecule has 1 amide bonds. The van der Waals surface area contributed by atoms with Crippen molar-refractivity contribution in [2.75, 3.05) is 5.32 Å². The number of aromatic nitrogens is 3. The molecular formula is C22H22N4O. The van der Waals surface area contributed by atoms with Crippen LogP contribution in [0.3, 0.4) is 0 Å². The lowest BCUT2D eigenvalue weighted by Crippen LogP contribution is -2.13. The van der Waals surface area contributed by atoms with Crippen LogP contribution in [0.25, 0.3) is 16.6 Å². The van der Waals surface area contributed by atoms with Gasteiger partial charge in [-0.1, -0.05) is 25.1 Å². The van der Waals surface area contributed by atoms with Gasteiger partial charge in [-0.05, 0) is 49.7 Å². The number of hydrogen-bond donors (Lipinski definition) is 1. The van der Waals surface area contributed by atoms with E-state index in [1.807, 2.05) is 49.4 Å². The molecule has 5 heteroatoms. The maximum atomic E-state index is 12.8. The van der Waals surface area contributed by atoms with E-state index in [9.17, 15) is 4.79 Å². The third-order valence-corrected chi connectivity index (χ3v) is 4.75. The molecule has 4 rings (SSSR count). The van der Waals surface area contributed by atoms with E-state index in [2.05, 4.69) is 40.2 Å². The molecule has 5 nitrogen and oxygen atoms in total. The smallest absolute Gasteiger partial charge is 0.259 e. The fraction of sp³-hybridized carbons (Fsp3) is 0.182. The van der Waals surface area contributed by atoms with Gasteiger partial charge in [0.05, 0.1) is 23.1 Å². The van der Waals surface area contributed by atoms with Gasteiger partial charge in [0.1, 0.15) is 0 Å². The maximum absolute atomic E-state index is 12.8. The minimum absolute atomic E-state index is 0.151. The highest BCUT2D eigenvalue weighted by Crippen LogP contribution is 2.22. The first-order valence-corrected chi connectivity index (χ1v) is 9.17. The average Bonchev–Trinajstić information content (AvgIpc) is 3.26. The van der Waals surface area contributed by atoms with Gasteiger partial charge in [0.15, 0.2) is 0 Å². The number of aryl methyl sites for hydroxylation is 1. The van der Waals surface area contributed by atoms with Gasteiger partial charge in [-0.3, -0.25) is 4.79 Å². The van der Waals surface area contributed by atoms with Crippen molar-refractivity contribution in [1.29, 1.82) is 0 Å². The molecule has 136 valence electrons. The summed E-state index contributed by atoms with van der Waals surface area (Å²) in [5.74, 6) is -0.151. The van der Waals surface area contributed by atoms with Crippen molar-refractivity contribution in [3.05, 3.63) is 78.2 Å². The summed E-state index contributed by atoms with van der Waals surface area (Å²) in [6, 6.07) is 17.9. The van der Waals surface area contributed by atoms with E-state index in [0.717, 1.165) is 35.4 Å². The Labute approximate surface area is 158 Å². The Morgan fingerprint density at radius 1 is 1.11 bits per heavy atom. The summed E-state index contributed by atoms with van der Waals surface area (Å²) >= 11 is 0. The van der Waals surface area contributed by atoms with Crippen LogP contribution < -0.4 is 5.32 Å². The molecule has 0 saturated heterocycles. The predicted molar refractivity (Wildman–Crippen MR) is 108 cm³/mol. The molecule has 0 radical (unpaired) electrons. The first-order valence-electron chi connectivity index (χ1n) is 9.17. The predicted octanol–water partition coefficient (Wildman–Crippen LogP) is 4.80. The number of nitrogens with zero attached hydrogens (tertiary/aromatic N) is 3. The number of amides is 1. The van der Waals surface area contributed by atoms with Crippen molar-refractivity contribution in [1.82, 2.24) is 14.3 Å². The van der Waals surface area contributed by atoms with Crippen molar-refractivity contribution in [2.45, 2.75) is 26.8 Å². The fourth-order valence-electron chi connectivity index (χ4n) is 3.37. The molecule has 27 heavy (non-hydrogen) atoms. The highest BCUT2D eigenvalue weighted by atomic mass is 16.1. The van der Waals surface area contributed by atoms with Crippen molar-refractivity contribution in [3.8, 4) is 5.69 Å². The fourth-order valence-corrected chi connectivity index (χ4v) is 3.37. The molecule has 0 fully saturated rings. The molecule has 0 aliphatic rings. The lowest BCUT2D eigenvalue weighted by atomic mass is 10.2. The first kappa shape index (κ1) is 17.1. The largest absolute Gasteiger partial charge is 0.347 e. The van der Waals surface area contributed by atoms with E-state index in [1.54, 1.807) is 10.9 Å². The Morgan fingerprint density at radius 2 is 1.93 bits per heavy atom. The summed E-state index contributed by atoms with van der Waals surface area (Å²) in [5, 5.41) is 8.49. The molecule has 0 unspecified atom stereocenters. The molecular weight excluding hydrogens is 336 g/mol. The van der Waals surface area contributed by atoms with E-state index in [-0.39, 0.29) is 5.91 Å². The summed E-state index contributed by atoms with van der Waals surface area (Å²) in [5.41, 5.74) is 4.29. The van der Waals surface area contributed by atoms with E-state index in [0.29, 0.717) is 5.56 Å². The van der Waals surface area contributed by atoms with Crippen LogP contribution in [0.5, 0.6) is 0 Å². The number of hydrogen-bond acceptors (Lipinski definition) is 2. The van der Waals surface area contributed by atoms with Crippen LogP contribution in [-0.2, 0) is 6.54 Å². The van der Waals surface area contributed by atoms with Crippen molar-refractivity contribution in [2.24, 2.45) is 0 Å². The first-order chi connectivity index (χ1) is 13.2. The molecule has 2 aromatic heterocycles. The van der Waals surface area contributed by atoms with Gasteiger partial charge in [0, 0.05) is 29.3 Å². The quantitative estimate of drug-likeness (QED) is 0.557. The van der Waals surface area contributed by atoms with Crippen LogP contribution >= 0.6 is 0 Å². The van der Waals surface area contributed by atoms with E-state index >= 15 is 0 Å². The van der Waals surface area contributed by atoms with Crippen LogP contribution in [0.15, 0.2) is 67.0 Å². The van der Waals surface area contributed by atoms with Gasteiger partial charge in [-0.15, -0.1) is 0 Å². The Morgan fingerprint density at radius 3 is 2.70 bits per heavy atom. The van der Waals surface area contributed by atoms with Crippen LogP contribution in [0.2, 0.25) is 0 Å². The molecule has 0 bridgehead atoms. The van der Waals surface area contributed by atoms with E-state index in [4.69, 9.17) is 0 Å². The second-order valence-electron chi connectivity index (χ2n) is 6.63. The Bertz CT molecular complexity index is 1090. The Kier molecular flexibility index (Phi) is 4.50. The molecule has 1 N–H and O–H groups in total. The molecule has 0 aliphatic carbocycles. The van der Waals surface area contributed by atoms with Crippen LogP contribution in [0, 0.1) is 6.92 Å². The molecule has 2 aromatic carbocycles. The number of carbonyl (C=O) groups excluding carboxylic acids is 1. The van der Waals surface area contributed by atoms with E-state index in [1.165, 1.54) is 5.52 Å². The van der Waals surface area contributed by atoms with Crippen molar-refractivity contribution < 1.29 is 4.79 Å². The summed E-state index contributed by atoms with van der Waals surface area (Å²) in [6.07, 6.45) is 4.80. The molecule has 0 atom stereocenters. The van der Waals surface area contributed by atoms with Crippen LogP contribution in [-0.4, -0.2) is 20.3 Å². The van der Waals surface area contributed by atoms with Gasteiger partial charge in [-0.25, -0.2) is 4.68 Å². The van der Waals surface area contributed by atoms with E-state index < -0.39 is 0 Å². The number of nitrogens with one attached hydrogen (secondary N) is 1. The maximum Gasteiger partial charge on any atom is 0.259 e. The Balaban J connectivity index is 1.58. The second-order valence-corrected chi connectivity index (χ2v) is 6.63. The zero-order chi connectivity index (χ0) is 18.8. The molecule has 0 spiro atoms. The van der Waals surface area contributed by atoms with Gasteiger partial charge in [0.25, 0.3) is 5.91 Å². The average molecular weight is 358 g/mol. The lowest BCUT2D eigenvalue weighted by molar-refractivity contribution is 0.102. The third-order valence-electron chi connectivity index (χ3n) is 4.75. The summed E-state index contributed by atoms with van der Waals surface area (Å²) in [7, 11) is 0. The standard InChI is InChI=1S/C22H22N4O/c1-3-12-25-13-11-17-14-18(9-10-21(17)25)24-22(27)20-15-23-26(16(20)2)19-7-5-4-6-8-19/h4-11,13-15H,3,12H2,1-2H3,(H,24,27). The minimum Gasteiger partial charge on any atom is -0.347 e. The molecule has 0 saturated carbocycles. The van der Waals surface area contributed by atoms with Crippen molar-refractivity contribution in [3.63, 3.8) is 0 Å². The molecule has 4 aromatic rings. The monoisotopic (exact) mass is 358 g/mol. The number of fused-ring (bicyclic) bond motifs is 1. The van der Waals surface area contributed by atoms with Gasteiger partial charge < -0.3 is 9.88 Å². The summed E-state index contributed by atoms with van der Waals surface area (Å²) < 4.78 is 4.01. The highest BCUT2D eigenvalue weighted by Gasteiger charge is 2.15. The number of anilines is 1. The number of benzene rings is 2. The van der Waals surface area contributed by atoms with Gasteiger partial charge in [0.2, 0.25) is 0 Å². The number of rotatable bonds is 5. The Hall–Kier alpha value is -3.34.